The average molecular weight is 417 g/mol. The molecule has 2 N–H and O–H groups in total. The van der Waals surface area contributed by atoms with E-state index in [-0.39, 0.29) is 17.5 Å². The first-order chi connectivity index (χ1) is 13.9. The van der Waals surface area contributed by atoms with Gasteiger partial charge in [0.05, 0.1) is 4.90 Å². The summed E-state index contributed by atoms with van der Waals surface area (Å²) in [5.41, 5.74) is 3.29. The van der Waals surface area contributed by atoms with Crippen LogP contribution in [-0.4, -0.2) is 57.5 Å². The SMILES string of the molecule is CNS(=O)(=O)c1cccc(CNC(=O)N2CCN(Cc3cccc(C)c3)CC2)c1. The summed E-state index contributed by atoms with van der Waals surface area (Å²) < 4.78 is 26.1. The summed E-state index contributed by atoms with van der Waals surface area (Å²) in [5, 5.41) is 2.89. The van der Waals surface area contributed by atoms with Crippen LogP contribution in [0.15, 0.2) is 53.4 Å². The molecule has 156 valence electrons. The number of rotatable bonds is 6. The summed E-state index contributed by atoms with van der Waals surface area (Å²) in [4.78, 5) is 16.8. The van der Waals surface area contributed by atoms with E-state index in [2.05, 4.69) is 46.1 Å². The maximum Gasteiger partial charge on any atom is 0.317 e. The topological polar surface area (TPSA) is 81.8 Å². The molecule has 29 heavy (non-hydrogen) atoms. The van der Waals surface area contributed by atoms with Crippen LogP contribution in [0.4, 0.5) is 4.79 Å². The van der Waals surface area contributed by atoms with Gasteiger partial charge < -0.3 is 10.2 Å². The van der Waals surface area contributed by atoms with Crippen molar-refractivity contribution >= 4 is 16.1 Å². The summed E-state index contributed by atoms with van der Waals surface area (Å²) in [5.74, 6) is 0. The van der Waals surface area contributed by atoms with Crippen molar-refractivity contribution in [1.82, 2.24) is 19.8 Å². The first-order valence-electron chi connectivity index (χ1n) is 9.70. The number of carbonyl (C=O) groups is 1. The van der Waals surface area contributed by atoms with E-state index in [1.165, 1.54) is 24.2 Å². The van der Waals surface area contributed by atoms with Gasteiger partial charge in [-0.3, -0.25) is 4.90 Å². The van der Waals surface area contributed by atoms with Gasteiger partial charge in [-0.1, -0.05) is 42.0 Å². The number of hydrogen-bond donors (Lipinski definition) is 2. The lowest BCUT2D eigenvalue weighted by atomic mass is 10.1. The number of piperazine rings is 1. The molecule has 8 heteroatoms. The molecule has 0 unspecified atom stereocenters. The molecular formula is C21H28N4O3S. The van der Waals surface area contributed by atoms with Gasteiger partial charge in [-0.05, 0) is 37.2 Å². The standard InChI is InChI=1S/C21H28N4O3S/c1-17-5-3-7-19(13-17)16-24-9-11-25(12-10-24)21(26)23-15-18-6-4-8-20(14-18)29(27,28)22-2/h3-8,13-14,22H,9-12,15-16H2,1-2H3,(H,23,26). The first-order valence-corrected chi connectivity index (χ1v) is 11.2. The number of benzene rings is 2. The van der Waals surface area contributed by atoms with Gasteiger partial charge in [0.25, 0.3) is 0 Å². The zero-order valence-corrected chi connectivity index (χ0v) is 17.7. The van der Waals surface area contributed by atoms with E-state index >= 15 is 0 Å². The van der Waals surface area contributed by atoms with Crippen molar-refractivity contribution < 1.29 is 13.2 Å². The van der Waals surface area contributed by atoms with Crippen molar-refractivity contribution in [3.8, 4) is 0 Å². The molecule has 0 aliphatic carbocycles. The lowest BCUT2D eigenvalue weighted by molar-refractivity contribution is 0.135. The van der Waals surface area contributed by atoms with E-state index in [4.69, 9.17) is 0 Å². The summed E-state index contributed by atoms with van der Waals surface area (Å²) in [7, 11) is -2.12. The van der Waals surface area contributed by atoms with E-state index in [9.17, 15) is 13.2 Å². The summed E-state index contributed by atoms with van der Waals surface area (Å²) in [6.07, 6.45) is 0. The third-order valence-electron chi connectivity index (χ3n) is 5.07. The second-order valence-corrected chi connectivity index (χ2v) is 9.15. The van der Waals surface area contributed by atoms with Crippen LogP contribution in [0, 0.1) is 6.92 Å². The maximum absolute atomic E-state index is 12.5. The number of nitrogens with one attached hydrogen (secondary N) is 2. The molecule has 7 nitrogen and oxygen atoms in total. The molecule has 0 bridgehead atoms. The van der Waals surface area contributed by atoms with Crippen LogP contribution in [0.2, 0.25) is 0 Å². The fourth-order valence-electron chi connectivity index (χ4n) is 3.41. The average Bonchev–Trinajstić information content (AvgIpc) is 2.73. The Hall–Kier alpha value is -2.42. The Morgan fingerprint density at radius 3 is 2.38 bits per heavy atom. The van der Waals surface area contributed by atoms with Crippen LogP contribution in [0.5, 0.6) is 0 Å². The Morgan fingerprint density at radius 1 is 1.00 bits per heavy atom. The minimum Gasteiger partial charge on any atom is -0.334 e. The first kappa shape index (κ1) is 21.3. The number of sulfonamides is 1. The minimum atomic E-state index is -3.49. The highest BCUT2D eigenvalue weighted by Gasteiger charge is 2.21. The molecule has 0 spiro atoms. The summed E-state index contributed by atoms with van der Waals surface area (Å²) in [6.45, 7) is 6.28. The zero-order chi connectivity index (χ0) is 20.9. The molecular weight excluding hydrogens is 388 g/mol. The monoisotopic (exact) mass is 416 g/mol. The lowest BCUT2D eigenvalue weighted by Gasteiger charge is -2.34. The Balaban J connectivity index is 1.48. The molecule has 2 amide bonds. The Labute approximate surface area is 172 Å². The molecule has 0 atom stereocenters. The highest BCUT2D eigenvalue weighted by atomic mass is 32.2. The van der Waals surface area contributed by atoms with Gasteiger partial charge in [0.15, 0.2) is 0 Å². The number of carbonyl (C=O) groups excluding carboxylic acids is 1. The molecule has 1 saturated heterocycles. The van der Waals surface area contributed by atoms with Gasteiger partial charge in [-0.15, -0.1) is 0 Å². The summed E-state index contributed by atoms with van der Waals surface area (Å²) in [6, 6.07) is 15.0. The van der Waals surface area contributed by atoms with Crippen LogP contribution in [0.25, 0.3) is 0 Å². The quantitative estimate of drug-likeness (QED) is 0.754. The lowest BCUT2D eigenvalue weighted by Crippen LogP contribution is -2.51. The van der Waals surface area contributed by atoms with E-state index in [0.717, 1.165) is 25.2 Å². The molecule has 1 heterocycles. The molecule has 0 aromatic heterocycles. The molecule has 2 aromatic carbocycles. The second-order valence-electron chi connectivity index (χ2n) is 7.27. The van der Waals surface area contributed by atoms with Crippen LogP contribution in [0.3, 0.4) is 0 Å². The van der Waals surface area contributed by atoms with Crippen LogP contribution in [0.1, 0.15) is 16.7 Å². The third-order valence-corrected chi connectivity index (χ3v) is 6.48. The fraction of sp³-hybridized carbons (Fsp3) is 0.381. The second kappa shape index (κ2) is 9.39. The number of nitrogens with zero attached hydrogens (tertiary/aromatic N) is 2. The van der Waals surface area contributed by atoms with Crippen LogP contribution in [-0.2, 0) is 23.1 Å². The maximum atomic E-state index is 12.5. The van der Waals surface area contributed by atoms with E-state index in [1.807, 2.05) is 0 Å². The zero-order valence-electron chi connectivity index (χ0n) is 16.9. The van der Waals surface area contributed by atoms with Gasteiger partial charge in [0.2, 0.25) is 10.0 Å². The Kier molecular flexibility index (Phi) is 6.89. The molecule has 3 rings (SSSR count). The molecule has 1 aliphatic rings. The Bertz CT molecular complexity index is 954. The summed E-state index contributed by atoms with van der Waals surface area (Å²) >= 11 is 0. The normalized spacial score (nSPS) is 15.3. The van der Waals surface area contributed by atoms with Gasteiger partial charge in [-0.2, -0.15) is 0 Å². The molecule has 0 saturated carbocycles. The third kappa shape index (κ3) is 5.79. The van der Waals surface area contributed by atoms with Crippen molar-refractivity contribution in [2.24, 2.45) is 0 Å². The highest BCUT2D eigenvalue weighted by Crippen LogP contribution is 2.12. The van der Waals surface area contributed by atoms with Crippen molar-refractivity contribution in [3.63, 3.8) is 0 Å². The number of aryl methyl sites for hydroxylation is 1. The van der Waals surface area contributed by atoms with Gasteiger partial charge in [-0.25, -0.2) is 17.9 Å². The van der Waals surface area contributed by atoms with Gasteiger partial charge >= 0.3 is 6.03 Å². The van der Waals surface area contributed by atoms with E-state index < -0.39 is 10.0 Å². The van der Waals surface area contributed by atoms with E-state index in [0.29, 0.717) is 13.1 Å². The molecule has 0 radical (unpaired) electrons. The van der Waals surface area contributed by atoms with E-state index in [1.54, 1.807) is 23.1 Å². The smallest absolute Gasteiger partial charge is 0.317 e. The number of urea groups is 1. The van der Waals surface area contributed by atoms with Crippen molar-refractivity contribution in [2.45, 2.75) is 24.9 Å². The van der Waals surface area contributed by atoms with Crippen molar-refractivity contribution in [1.29, 1.82) is 0 Å². The Morgan fingerprint density at radius 2 is 1.69 bits per heavy atom. The van der Waals surface area contributed by atoms with Crippen LogP contribution < -0.4 is 10.0 Å². The van der Waals surface area contributed by atoms with Crippen molar-refractivity contribution in [3.05, 3.63) is 65.2 Å². The largest absolute Gasteiger partial charge is 0.334 e. The minimum absolute atomic E-state index is 0.123. The highest BCUT2D eigenvalue weighted by molar-refractivity contribution is 7.89. The fourth-order valence-corrected chi connectivity index (χ4v) is 4.21. The predicted octanol–water partition coefficient (Wildman–Crippen LogP) is 1.93. The van der Waals surface area contributed by atoms with Crippen molar-refractivity contribution in [2.75, 3.05) is 33.2 Å². The van der Waals surface area contributed by atoms with Gasteiger partial charge in [0.1, 0.15) is 0 Å². The van der Waals surface area contributed by atoms with Gasteiger partial charge in [0, 0.05) is 39.3 Å². The van der Waals surface area contributed by atoms with Crippen LogP contribution >= 0.6 is 0 Å². The predicted molar refractivity (Wildman–Crippen MR) is 113 cm³/mol. The molecule has 1 fully saturated rings. The number of amides is 2. The molecule has 1 aliphatic heterocycles. The number of hydrogen-bond acceptors (Lipinski definition) is 4. The molecule has 2 aromatic rings.